The molecule has 0 radical (unpaired) electrons. The molecule has 0 N–H and O–H groups in total. The molecule has 174 valence electrons. The van der Waals surface area contributed by atoms with Gasteiger partial charge in [-0.05, 0) is 56.0 Å². The Morgan fingerprint density at radius 1 is 0.857 bits per heavy atom. The second-order valence-electron chi connectivity index (χ2n) is 8.45. The standard InChI is InChI=1S/C28H24N4O3/c1-4-22-23(27(34)32(29-22)21-13-9-6-10-14-21)24-25(30-16-15-18(2)19(3)17-30)28(35)31(26(24)33)20-11-7-5-8-12-20/h5-17H,4H2,1-3H3. The molecule has 2 aromatic heterocycles. The molecule has 0 fully saturated rings. The van der Waals surface area contributed by atoms with Gasteiger partial charge < -0.3 is 5.11 Å². The molecule has 3 heterocycles. The number of aryl methyl sites for hydroxylation is 3. The predicted molar refractivity (Wildman–Crippen MR) is 131 cm³/mol. The number of amides is 2. The van der Waals surface area contributed by atoms with Gasteiger partial charge in [0.15, 0.2) is 12.4 Å². The SMILES string of the molecule is CCc1nn(-c2ccccc2)c([O-])c1C1=C([n+]2ccc(C)c(C)c2)C(=O)N(c2ccccc2)C1=O. The largest absolute Gasteiger partial charge is 0.858 e. The highest BCUT2D eigenvalue weighted by atomic mass is 16.3. The molecule has 35 heavy (non-hydrogen) atoms. The lowest BCUT2D eigenvalue weighted by Crippen LogP contribution is -2.40. The average Bonchev–Trinajstić information content (AvgIpc) is 3.33. The summed E-state index contributed by atoms with van der Waals surface area (Å²) in [6.45, 7) is 5.79. The van der Waals surface area contributed by atoms with Crippen molar-refractivity contribution in [3.63, 3.8) is 0 Å². The van der Waals surface area contributed by atoms with E-state index in [-0.39, 0.29) is 16.8 Å². The number of anilines is 1. The second kappa shape index (κ2) is 8.68. The number of rotatable bonds is 5. The molecule has 7 heteroatoms. The molecule has 0 spiro atoms. The predicted octanol–water partition coefficient (Wildman–Crippen LogP) is 3.35. The Balaban J connectivity index is 1.79. The molecule has 0 unspecified atom stereocenters. The van der Waals surface area contributed by atoms with E-state index in [1.54, 1.807) is 47.2 Å². The van der Waals surface area contributed by atoms with Crippen LogP contribution >= 0.6 is 0 Å². The molecule has 0 atom stereocenters. The van der Waals surface area contributed by atoms with Crippen molar-refractivity contribution in [1.82, 2.24) is 9.78 Å². The quantitative estimate of drug-likeness (QED) is 0.335. The van der Waals surface area contributed by atoms with Gasteiger partial charge in [-0.3, -0.25) is 9.59 Å². The molecular weight excluding hydrogens is 440 g/mol. The molecular formula is C28H24N4O3. The number of aromatic nitrogens is 3. The summed E-state index contributed by atoms with van der Waals surface area (Å²) in [5.41, 5.74) is 3.88. The van der Waals surface area contributed by atoms with Gasteiger partial charge in [0.1, 0.15) is 5.57 Å². The summed E-state index contributed by atoms with van der Waals surface area (Å²) in [5.74, 6) is -1.46. The fourth-order valence-electron chi connectivity index (χ4n) is 4.30. The van der Waals surface area contributed by atoms with Gasteiger partial charge in [-0.2, -0.15) is 9.67 Å². The highest BCUT2D eigenvalue weighted by Crippen LogP contribution is 2.38. The molecule has 0 saturated carbocycles. The minimum atomic E-state index is -0.540. The third kappa shape index (κ3) is 3.61. The van der Waals surface area contributed by atoms with Gasteiger partial charge in [0.05, 0.1) is 17.1 Å². The molecule has 1 aliphatic rings. The lowest BCUT2D eigenvalue weighted by molar-refractivity contribution is -0.577. The number of imide groups is 1. The highest BCUT2D eigenvalue weighted by Gasteiger charge is 2.47. The molecule has 0 aliphatic carbocycles. The van der Waals surface area contributed by atoms with Crippen LogP contribution in [0, 0.1) is 13.8 Å². The Bertz CT molecular complexity index is 1490. The van der Waals surface area contributed by atoms with Crippen LogP contribution in [0.3, 0.4) is 0 Å². The molecule has 7 nitrogen and oxygen atoms in total. The Morgan fingerprint density at radius 3 is 2.09 bits per heavy atom. The van der Waals surface area contributed by atoms with E-state index in [0.717, 1.165) is 16.0 Å². The fraction of sp³-hybridized carbons (Fsp3) is 0.143. The van der Waals surface area contributed by atoms with Gasteiger partial charge in [-0.25, -0.2) is 9.58 Å². The van der Waals surface area contributed by atoms with Crippen LogP contribution in [0.25, 0.3) is 17.0 Å². The van der Waals surface area contributed by atoms with Crippen LogP contribution < -0.4 is 14.6 Å². The number of para-hydroxylation sites is 2. The number of carbonyl (C=O) groups excluding carboxylic acids is 2. The second-order valence-corrected chi connectivity index (χ2v) is 8.45. The van der Waals surface area contributed by atoms with E-state index in [2.05, 4.69) is 5.10 Å². The van der Waals surface area contributed by atoms with Crippen LogP contribution in [0.5, 0.6) is 5.88 Å². The molecule has 2 amide bonds. The van der Waals surface area contributed by atoms with E-state index in [0.29, 0.717) is 23.5 Å². The van der Waals surface area contributed by atoms with Crippen molar-refractivity contribution < 1.29 is 19.3 Å². The fourth-order valence-corrected chi connectivity index (χ4v) is 4.30. The summed E-state index contributed by atoms with van der Waals surface area (Å²) in [6.07, 6.45) is 3.97. The Labute approximate surface area is 203 Å². The van der Waals surface area contributed by atoms with Gasteiger partial charge in [0.2, 0.25) is 0 Å². The van der Waals surface area contributed by atoms with Gasteiger partial charge in [-0.1, -0.05) is 43.3 Å². The van der Waals surface area contributed by atoms with Crippen LogP contribution in [0.4, 0.5) is 5.69 Å². The smallest absolute Gasteiger partial charge is 0.331 e. The summed E-state index contributed by atoms with van der Waals surface area (Å²) < 4.78 is 2.94. The summed E-state index contributed by atoms with van der Waals surface area (Å²) in [6, 6.07) is 19.7. The number of hydrogen-bond donors (Lipinski definition) is 0. The van der Waals surface area contributed by atoms with Crippen molar-refractivity contribution in [1.29, 1.82) is 0 Å². The zero-order chi connectivity index (χ0) is 24.7. The van der Waals surface area contributed by atoms with Gasteiger partial charge >= 0.3 is 5.91 Å². The van der Waals surface area contributed by atoms with E-state index < -0.39 is 17.7 Å². The molecule has 1 aliphatic heterocycles. The zero-order valence-corrected chi connectivity index (χ0v) is 19.7. The minimum Gasteiger partial charge on any atom is -0.858 e. The van der Waals surface area contributed by atoms with E-state index in [1.807, 2.05) is 57.3 Å². The summed E-state index contributed by atoms with van der Waals surface area (Å²) in [7, 11) is 0. The maximum absolute atomic E-state index is 13.9. The lowest BCUT2D eigenvalue weighted by atomic mass is 10.0. The summed E-state index contributed by atoms with van der Waals surface area (Å²) in [4.78, 5) is 28.8. The third-order valence-corrected chi connectivity index (χ3v) is 6.27. The van der Waals surface area contributed by atoms with Crippen LogP contribution in [0.2, 0.25) is 0 Å². The summed E-state index contributed by atoms with van der Waals surface area (Å²) in [5, 5.41) is 18.2. The van der Waals surface area contributed by atoms with Crippen LogP contribution in [-0.4, -0.2) is 21.6 Å². The van der Waals surface area contributed by atoms with Crippen LogP contribution in [-0.2, 0) is 16.0 Å². The highest BCUT2D eigenvalue weighted by molar-refractivity contribution is 6.53. The first kappa shape index (κ1) is 22.3. The molecule has 2 aromatic carbocycles. The maximum atomic E-state index is 13.9. The molecule has 4 aromatic rings. The first-order valence-corrected chi connectivity index (χ1v) is 11.4. The van der Waals surface area contributed by atoms with Crippen molar-refractivity contribution in [3.05, 3.63) is 102 Å². The number of benzene rings is 2. The third-order valence-electron chi connectivity index (χ3n) is 6.27. The van der Waals surface area contributed by atoms with E-state index in [4.69, 9.17) is 0 Å². The zero-order valence-electron chi connectivity index (χ0n) is 19.7. The maximum Gasteiger partial charge on any atom is 0.331 e. The van der Waals surface area contributed by atoms with Crippen molar-refractivity contribution in [3.8, 4) is 11.6 Å². The number of carbonyl (C=O) groups is 2. The summed E-state index contributed by atoms with van der Waals surface area (Å²) >= 11 is 0. The van der Waals surface area contributed by atoms with Crippen molar-refractivity contribution in [2.24, 2.45) is 0 Å². The minimum absolute atomic E-state index is 0.0659. The van der Waals surface area contributed by atoms with Crippen molar-refractivity contribution in [2.75, 3.05) is 4.90 Å². The lowest BCUT2D eigenvalue weighted by Gasteiger charge is -2.15. The topological polar surface area (TPSA) is 82.1 Å². The van der Waals surface area contributed by atoms with Gasteiger partial charge in [0.25, 0.3) is 11.6 Å². The number of hydrogen-bond acceptors (Lipinski definition) is 4. The number of nitrogens with zero attached hydrogens (tertiary/aromatic N) is 4. The molecule has 0 saturated heterocycles. The Hall–Kier alpha value is -4.52. The van der Waals surface area contributed by atoms with Gasteiger partial charge in [0, 0.05) is 17.2 Å². The molecule has 5 rings (SSSR count). The monoisotopic (exact) mass is 464 g/mol. The van der Waals surface area contributed by atoms with E-state index in [9.17, 15) is 14.7 Å². The Kier molecular flexibility index (Phi) is 5.53. The van der Waals surface area contributed by atoms with Crippen LogP contribution in [0.1, 0.15) is 29.3 Å². The first-order chi connectivity index (χ1) is 16.9. The van der Waals surface area contributed by atoms with E-state index in [1.165, 1.54) is 4.68 Å². The molecule has 0 bridgehead atoms. The Morgan fingerprint density at radius 2 is 1.49 bits per heavy atom. The van der Waals surface area contributed by atoms with Crippen LogP contribution in [0.15, 0.2) is 79.1 Å². The van der Waals surface area contributed by atoms with E-state index >= 15 is 0 Å². The number of pyridine rings is 1. The van der Waals surface area contributed by atoms with Crippen molar-refractivity contribution >= 4 is 28.8 Å². The average molecular weight is 465 g/mol. The van der Waals surface area contributed by atoms with Gasteiger partial charge in [-0.15, -0.1) is 0 Å². The van der Waals surface area contributed by atoms with Crippen molar-refractivity contribution in [2.45, 2.75) is 27.2 Å². The first-order valence-electron chi connectivity index (χ1n) is 11.4. The normalized spacial score (nSPS) is 13.7.